The third-order valence-electron chi connectivity index (χ3n) is 3.03. The average Bonchev–Trinajstić information content (AvgIpc) is 2.82. The molecule has 0 N–H and O–H groups in total. The van der Waals surface area contributed by atoms with Crippen molar-refractivity contribution in [1.29, 1.82) is 0 Å². The van der Waals surface area contributed by atoms with Crippen molar-refractivity contribution in [3.05, 3.63) is 59.9 Å². The molecule has 0 aliphatic heterocycles. The van der Waals surface area contributed by atoms with E-state index in [1.807, 2.05) is 44.2 Å². The van der Waals surface area contributed by atoms with E-state index in [0.717, 1.165) is 23.1 Å². The van der Waals surface area contributed by atoms with Crippen molar-refractivity contribution in [2.75, 3.05) is 0 Å². The smallest absolute Gasteiger partial charge is 0.193 e. The van der Waals surface area contributed by atoms with Gasteiger partial charge >= 0.3 is 0 Å². The molecule has 0 saturated carbocycles. The van der Waals surface area contributed by atoms with Gasteiger partial charge in [0, 0.05) is 5.56 Å². The maximum atomic E-state index is 13.9. The Morgan fingerprint density at radius 1 is 1.10 bits per heavy atom. The largest absolute Gasteiger partial charge is 0.242 e. The zero-order chi connectivity index (χ0) is 14.1. The number of halogens is 1. The predicted octanol–water partition coefficient (Wildman–Crippen LogP) is 3.09. The van der Waals surface area contributed by atoms with Crippen molar-refractivity contribution in [2.45, 2.75) is 13.8 Å². The van der Waals surface area contributed by atoms with Gasteiger partial charge in [0.15, 0.2) is 11.6 Å². The molecule has 0 unspecified atom stereocenters. The summed E-state index contributed by atoms with van der Waals surface area (Å²) in [6, 6.07) is 9.91. The molecule has 0 radical (unpaired) electrons. The summed E-state index contributed by atoms with van der Waals surface area (Å²) in [6.45, 7) is 3.89. The minimum Gasteiger partial charge on any atom is -0.242 e. The molecule has 0 atom stereocenters. The second-order valence-electron chi connectivity index (χ2n) is 4.64. The Morgan fingerprint density at radius 2 is 1.85 bits per heavy atom. The Morgan fingerprint density at radius 3 is 2.55 bits per heavy atom. The molecule has 2 aromatic heterocycles. The summed E-state index contributed by atoms with van der Waals surface area (Å²) in [6.07, 6.45) is 2.45. The maximum absolute atomic E-state index is 13.9. The van der Waals surface area contributed by atoms with Crippen molar-refractivity contribution in [1.82, 2.24) is 19.7 Å². The van der Waals surface area contributed by atoms with Crippen LogP contribution in [0.2, 0.25) is 0 Å². The molecule has 20 heavy (non-hydrogen) atoms. The number of aromatic nitrogens is 4. The van der Waals surface area contributed by atoms with Crippen molar-refractivity contribution >= 4 is 0 Å². The van der Waals surface area contributed by atoms with E-state index in [0.29, 0.717) is 0 Å². The Balaban J connectivity index is 2.18. The van der Waals surface area contributed by atoms with Crippen LogP contribution in [0.5, 0.6) is 0 Å². The predicted molar refractivity (Wildman–Crippen MR) is 74.0 cm³/mol. The van der Waals surface area contributed by atoms with Crippen LogP contribution in [-0.4, -0.2) is 19.7 Å². The van der Waals surface area contributed by atoms with Gasteiger partial charge in [-0.3, -0.25) is 0 Å². The molecule has 100 valence electrons. The number of benzene rings is 1. The van der Waals surface area contributed by atoms with Gasteiger partial charge in [-0.2, -0.15) is 5.10 Å². The van der Waals surface area contributed by atoms with Gasteiger partial charge in [0.05, 0.1) is 17.6 Å². The summed E-state index contributed by atoms with van der Waals surface area (Å²) in [4.78, 5) is 7.64. The Kier molecular flexibility index (Phi) is 3.02. The Bertz CT molecular complexity index is 747. The lowest BCUT2D eigenvalue weighted by Gasteiger charge is -2.07. The molecule has 0 saturated heterocycles. The van der Waals surface area contributed by atoms with Gasteiger partial charge in [0.25, 0.3) is 0 Å². The van der Waals surface area contributed by atoms with Crippen molar-refractivity contribution in [3.63, 3.8) is 0 Å². The average molecular weight is 268 g/mol. The van der Waals surface area contributed by atoms with Gasteiger partial charge in [-0.15, -0.1) is 0 Å². The lowest BCUT2D eigenvalue weighted by Crippen LogP contribution is -2.05. The van der Waals surface area contributed by atoms with Crippen molar-refractivity contribution in [2.24, 2.45) is 0 Å². The van der Waals surface area contributed by atoms with Gasteiger partial charge in [0.1, 0.15) is 6.33 Å². The van der Waals surface area contributed by atoms with E-state index >= 15 is 0 Å². The van der Waals surface area contributed by atoms with E-state index in [-0.39, 0.29) is 5.82 Å². The second-order valence-corrected chi connectivity index (χ2v) is 4.64. The van der Waals surface area contributed by atoms with E-state index in [1.54, 1.807) is 0 Å². The summed E-state index contributed by atoms with van der Waals surface area (Å²) in [5.74, 6) is -0.340. The highest BCUT2D eigenvalue weighted by atomic mass is 19.1. The molecule has 5 heteroatoms. The molecule has 3 aromatic rings. The molecule has 0 fully saturated rings. The molecule has 0 aliphatic rings. The SMILES string of the molecule is Cc1ccc(-c2cc(C)nn2-c2ncncc2F)cc1. The van der Waals surface area contributed by atoms with E-state index in [2.05, 4.69) is 15.1 Å². The van der Waals surface area contributed by atoms with E-state index in [1.165, 1.54) is 16.6 Å². The van der Waals surface area contributed by atoms with Crippen molar-refractivity contribution < 1.29 is 4.39 Å². The van der Waals surface area contributed by atoms with E-state index < -0.39 is 5.82 Å². The van der Waals surface area contributed by atoms with Crippen LogP contribution in [0.1, 0.15) is 11.3 Å². The molecule has 2 heterocycles. The Hall–Kier alpha value is -2.56. The first kappa shape index (κ1) is 12.5. The highest BCUT2D eigenvalue weighted by Gasteiger charge is 2.14. The number of hydrogen-bond acceptors (Lipinski definition) is 3. The molecule has 0 aliphatic carbocycles. The molecule has 0 amide bonds. The molecule has 0 bridgehead atoms. The topological polar surface area (TPSA) is 43.6 Å². The van der Waals surface area contributed by atoms with E-state index in [4.69, 9.17) is 0 Å². The van der Waals surface area contributed by atoms with Crippen LogP contribution in [0, 0.1) is 19.7 Å². The fourth-order valence-electron chi connectivity index (χ4n) is 2.05. The van der Waals surface area contributed by atoms with Gasteiger partial charge in [-0.05, 0) is 19.9 Å². The quantitative estimate of drug-likeness (QED) is 0.717. The van der Waals surface area contributed by atoms with Crippen LogP contribution < -0.4 is 0 Å². The molecule has 4 nitrogen and oxygen atoms in total. The van der Waals surface area contributed by atoms with Crippen LogP contribution in [0.3, 0.4) is 0 Å². The van der Waals surface area contributed by atoms with Gasteiger partial charge < -0.3 is 0 Å². The number of rotatable bonds is 2. The van der Waals surface area contributed by atoms with E-state index in [9.17, 15) is 4.39 Å². The lowest BCUT2D eigenvalue weighted by atomic mass is 10.1. The first-order chi connectivity index (χ1) is 9.65. The fraction of sp³-hybridized carbons (Fsp3) is 0.133. The van der Waals surface area contributed by atoms with Crippen LogP contribution in [0.25, 0.3) is 17.1 Å². The van der Waals surface area contributed by atoms with Gasteiger partial charge in [0.2, 0.25) is 0 Å². The first-order valence-electron chi connectivity index (χ1n) is 6.25. The van der Waals surface area contributed by atoms with Gasteiger partial charge in [-0.1, -0.05) is 29.8 Å². The normalized spacial score (nSPS) is 10.8. The zero-order valence-corrected chi connectivity index (χ0v) is 11.2. The zero-order valence-electron chi connectivity index (χ0n) is 11.2. The molecule has 0 spiro atoms. The molecule has 1 aromatic carbocycles. The van der Waals surface area contributed by atoms with Gasteiger partial charge in [-0.25, -0.2) is 19.0 Å². The standard InChI is InChI=1S/C15H13FN4/c1-10-3-5-12(6-4-10)14-7-11(2)19-20(14)15-13(16)8-17-9-18-15/h3-9H,1-2H3. The minimum absolute atomic E-state index is 0.156. The lowest BCUT2D eigenvalue weighted by molar-refractivity contribution is 0.593. The first-order valence-corrected chi connectivity index (χ1v) is 6.25. The van der Waals surface area contributed by atoms with Crippen LogP contribution in [-0.2, 0) is 0 Å². The third kappa shape index (κ3) is 2.18. The highest BCUT2D eigenvalue weighted by Crippen LogP contribution is 2.24. The summed E-state index contributed by atoms with van der Waals surface area (Å²) < 4.78 is 15.4. The minimum atomic E-state index is -0.496. The summed E-state index contributed by atoms with van der Waals surface area (Å²) in [5.41, 5.74) is 3.75. The fourth-order valence-corrected chi connectivity index (χ4v) is 2.05. The number of nitrogens with zero attached hydrogens (tertiary/aromatic N) is 4. The Labute approximate surface area is 115 Å². The monoisotopic (exact) mass is 268 g/mol. The third-order valence-corrected chi connectivity index (χ3v) is 3.03. The van der Waals surface area contributed by atoms with Crippen molar-refractivity contribution in [3.8, 4) is 17.1 Å². The van der Waals surface area contributed by atoms with Crippen LogP contribution in [0.4, 0.5) is 4.39 Å². The summed E-state index contributed by atoms with van der Waals surface area (Å²) >= 11 is 0. The summed E-state index contributed by atoms with van der Waals surface area (Å²) in [5, 5.41) is 4.33. The highest BCUT2D eigenvalue weighted by molar-refractivity contribution is 5.62. The molecular formula is C15H13FN4. The number of aryl methyl sites for hydroxylation is 2. The maximum Gasteiger partial charge on any atom is 0.193 e. The second kappa shape index (κ2) is 4.85. The molecule has 3 rings (SSSR count). The number of hydrogen-bond donors (Lipinski definition) is 0. The molecular weight excluding hydrogens is 255 g/mol. The summed E-state index contributed by atoms with van der Waals surface area (Å²) in [7, 11) is 0. The van der Waals surface area contributed by atoms with Crippen LogP contribution in [0.15, 0.2) is 42.9 Å². The van der Waals surface area contributed by atoms with Crippen LogP contribution >= 0.6 is 0 Å².